The maximum atomic E-state index is 12.9. The quantitative estimate of drug-likeness (QED) is 0.552. The van der Waals surface area contributed by atoms with Gasteiger partial charge in [0.15, 0.2) is 0 Å². The lowest BCUT2D eigenvalue weighted by molar-refractivity contribution is 0.638. The Hall–Kier alpha value is -3.52. The third kappa shape index (κ3) is 3.74. The first-order valence-electron chi connectivity index (χ1n) is 9.03. The second-order valence-electron chi connectivity index (χ2n) is 6.68. The van der Waals surface area contributed by atoms with Gasteiger partial charge in [0.05, 0.1) is 12.1 Å². The van der Waals surface area contributed by atoms with E-state index in [-0.39, 0.29) is 17.8 Å². The number of anilines is 2. The molecule has 7 nitrogen and oxygen atoms in total. The summed E-state index contributed by atoms with van der Waals surface area (Å²) >= 11 is 1.30. The molecule has 0 amide bonds. The summed E-state index contributed by atoms with van der Waals surface area (Å²) in [6, 6.07) is 17.1. The fourth-order valence-electron chi connectivity index (χ4n) is 3.15. The molecule has 0 aliphatic rings. The van der Waals surface area contributed by atoms with Crippen LogP contribution in [0.25, 0.3) is 11.3 Å². The predicted octanol–water partition coefficient (Wildman–Crippen LogP) is 3.17. The standard InChI is InChI=1S/C21H19N5O2S/c1-14-19(22-17-10-8-16(9-11-17)18-13-29-24-23-18)25(2)21(28)26(20(14)27)12-15-6-4-3-5-7-15/h3-11,13,22H,12H2,1-2H3. The fourth-order valence-corrected chi connectivity index (χ4v) is 3.62. The van der Waals surface area contributed by atoms with E-state index in [1.807, 2.05) is 60.0 Å². The van der Waals surface area contributed by atoms with Gasteiger partial charge in [-0.1, -0.05) is 47.0 Å². The minimum Gasteiger partial charge on any atom is -0.341 e. The highest BCUT2D eigenvalue weighted by Crippen LogP contribution is 2.22. The fraction of sp³-hybridized carbons (Fsp3) is 0.143. The number of hydrogen-bond acceptors (Lipinski definition) is 6. The SMILES string of the molecule is Cc1c(Nc2ccc(-c3csnn3)cc2)n(C)c(=O)n(Cc2ccccc2)c1=O. The minimum atomic E-state index is -0.364. The summed E-state index contributed by atoms with van der Waals surface area (Å²) in [5.41, 5.74) is 3.26. The van der Waals surface area contributed by atoms with Gasteiger partial charge in [-0.25, -0.2) is 4.79 Å². The van der Waals surface area contributed by atoms with Crippen LogP contribution in [0.4, 0.5) is 11.5 Å². The smallest absolute Gasteiger partial charge is 0.332 e. The second-order valence-corrected chi connectivity index (χ2v) is 7.29. The Kier molecular flexibility index (Phi) is 5.09. The van der Waals surface area contributed by atoms with Crippen molar-refractivity contribution in [1.82, 2.24) is 18.7 Å². The normalized spacial score (nSPS) is 10.8. The van der Waals surface area contributed by atoms with Gasteiger partial charge in [-0.3, -0.25) is 13.9 Å². The molecule has 0 aliphatic heterocycles. The summed E-state index contributed by atoms with van der Waals surface area (Å²) < 4.78 is 6.60. The molecule has 0 spiro atoms. The molecule has 0 aliphatic carbocycles. The van der Waals surface area contributed by atoms with Crippen LogP contribution in [-0.2, 0) is 13.6 Å². The van der Waals surface area contributed by atoms with E-state index in [9.17, 15) is 9.59 Å². The zero-order valence-corrected chi connectivity index (χ0v) is 16.8. The molecule has 0 radical (unpaired) electrons. The summed E-state index contributed by atoms with van der Waals surface area (Å²) in [6.45, 7) is 1.96. The second kappa shape index (κ2) is 7.84. The zero-order valence-electron chi connectivity index (χ0n) is 16.0. The highest BCUT2D eigenvalue weighted by molar-refractivity contribution is 7.03. The molecule has 8 heteroatoms. The van der Waals surface area contributed by atoms with E-state index < -0.39 is 0 Å². The van der Waals surface area contributed by atoms with Gasteiger partial charge in [-0.2, -0.15) is 0 Å². The average molecular weight is 405 g/mol. The van der Waals surface area contributed by atoms with Crippen molar-refractivity contribution in [3.63, 3.8) is 0 Å². The molecule has 0 saturated heterocycles. The van der Waals surface area contributed by atoms with E-state index in [1.54, 1.807) is 14.0 Å². The lowest BCUT2D eigenvalue weighted by Gasteiger charge is -2.16. The predicted molar refractivity (Wildman–Crippen MR) is 115 cm³/mol. The van der Waals surface area contributed by atoms with Crippen molar-refractivity contribution in [2.75, 3.05) is 5.32 Å². The van der Waals surface area contributed by atoms with E-state index in [0.717, 1.165) is 22.5 Å². The highest BCUT2D eigenvalue weighted by Gasteiger charge is 2.15. The highest BCUT2D eigenvalue weighted by atomic mass is 32.1. The van der Waals surface area contributed by atoms with Crippen molar-refractivity contribution in [3.05, 3.63) is 91.9 Å². The van der Waals surface area contributed by atoms with Crippen molar-refractivity contribution in [2.45, 2.75) is 13.5 Å². The molecule has 0 bridgehead atoms. The first-order valence-corrected chi connectivity index (χ1v) is 9.87. The molecule has 4 rings (SSSR count). The summed E-state index contributed by atoms with van der Waals surface area (Å²) in [6.07, 6.45) is 0. The average Bonchev–Trinajstić information content (AvgIpc) is 3.29. The van der Waals surface area contributed by atoms with Crippen LogP contribution >= 0.6 is 11.5 Å². The van der Waals surface area contributed by atoms with Gasteiger partial charge in [-0.05, 0) is 36.2 Å². The lowest BCUT2D eigenvalue weighted by Crippen LogP contribution is -2.41. The molecular formula is C21H19N5O2S. The summed E-state index contributed by atoms with van der Waals surface area (Å²) in [7, 11) is 1.66. The van der Waals surface area contributed by atoms with Gasteiger partial charge in [0, 0.05) is 23.7 Å². The topological polar surface area (TPSA) is 81.8 Å². The summed E-state index contributed by atoms with van der Waals surface area (Å²) in [5, 5.41) is 9.13. The van der Waals surface area contributed by atoms with Gasteiger partial charge in [0.2, 0.25) is 0 Å². The number of hydrogen-bond donors (Lipinski definition) is 1. The van der Waals surface area contributed by atoms with Crippen LogP contribution < -0.4 is 16.6 Å². The van der Waals surface area contributed by atoms with E-state index in [2.05, 4.69) is 14.9 Å². The minimum absolute atomic E-state index is 0.240. The molecule has 29 heavy (non-hydrogen) atoms. The van der Waals surface area contributed by atoms with Crippen LogP contribution in [0, 0.1) is 6.92 Å². The maximum absolute atomic E-state index is 12.9. The van der Waals surface area contributed by atoms with E-state index >= 15 is 0 Å². The monoisotopic (exact) mass is 405 g/mol. The molecule has 0 atom stereocenters. The van der Waals surface area contributed by atoms with Crippen molar-refractivity contribution in [1.29, 1.82) is 0 Å². The number of aromatic nitrogens is 4. The van der Waals surface area contributed by atoms with E-state index in [0.29, 0.717) is 11.4 Å². The van der Waals surface area contributed by atoms with Gasteiger partial charge in [0.1, 0.15) is 11.5 Å². The van der Waals surface area contributed by atoms with Gasteiger partial charge in [-0.15, -0.1) is 5.10 Å². The Morgan fingerprint density at radius 3 is 2.41 bits per heavy atom. The van der Waals surface area contributed by atoms with Crippen LogP contribution in [0.5, 0.6) is 0 Å². The summed E-state index contributed by atoms with van der Waals surface area (Å²) in [5.74, 6) is 0.479. The van der Waals surface area contributed by atoms with Gasteiger partial charge in [0.25, 0.3) is 5.56 Å². The Balaban J connectivity index is 1.66. The number of nitrogens with one attached hydrogen (secondary N) is 1. The molecule has 2 aromatic carbocycles. The number of rotatable bonds is 5. The van der Waals surface area contributed by atoms with Crippen LogP contribution in [0.2, 0.25) is 0 Å². The first-order chi connectivity index (χ1) is 14.0. The van der Waals surface area contributed by atoms with Crippen molar-refractivity contribution >= 4 is 23.0 Å². The molecular weight excluding hydrogens is 386 g/mol. The summed E-state index contributed by atoms with van der Waals surface area (Å²) in [4.78, 5) is 25.7. The van der Waals surface area contributed by atoms with E-state index in [1.165, 1.54) is 20.7 Å². The Bertz CT molecular complexity index is 1210. The van der Waals surface area contributed by atoms with Crippen LogP contribution in [0.15, 0.2) is 69.6 Å². The molecule has 0 saturated carbocycles. The number of benzene rings is 2. The zero-order chi connectivity index (χ0) is 20.4. The first kappa shape index (κ1) is 18.8. The molecule has 146 valence electrons. The molecule has 0 unspecified atom stereocenters. The Labute approximate surface area is 171 Å². The van der Waals surface area contributed by atoms with Crippen molar-refractivity contribution < 1.29 is 0 Å². The van der Waals surface area contributed by atoms with Crippen molar-refractivity contribution in [2.24, 2.45) is 7.05 Å². The third-order valence-electron chi connectivity index (χ3n) is 4.76. The van der Waals surface area contributed by atoms with Crippen LogP contribution in [0.3, 0.4) is 0 Å². The van der Waals surface area contributed by atoms with Crippen molar-refractivity contribution in [3.8, 4) is 11.3 Å². The molecule has 1 N–H and O–H groups in total. The largest absolute Gasteiger partial charge is 0.341 e. The van der Waals surface area contributed by atoms with E-state index in [4.69, 9.17) is 0 Å². The van der Waals surface area contributed by atoms with Crippen LogP contribution in [-0.4, -0.2) is 18.7 Å². The lowest BCUT2D eigenvalue weighted by atomic mass is 10.1. The Morgan fingerprint density at radius 1 is 1.03 bits per heavy atom. The molecule has 4 aromatic rings. The van der Waals surface area contributed by atoms with Crippen LogP contribution in [0.1, 0.15) is 11.1 Å². The van der Waals surface area contributed by atoms with Gasteiger partial charge < -0.3 is 5.32 Å². The number of nitrogens with zero attached hydrogens (tertiary/aromatic N) is 4. The van der Waals surface area contributed by atoms with Gasteiger partial charge >= 0.3 is 5.69 Å². The Morgan fingerprint density at radius 2 is 1.76 bits per heavy atom. The third-order valence-corrected chi connectivity index (χ3v) is 5.27. The molecule has 2 heterocycles. The molecule has 2 aromatic heterocycles. The maximum Gasteiger partial charge on any atom is 0.332 e. The molecule has 0 fully saturated rings.